The maximum absolute atomic E-state index is 11.9. The Morgan fingerprint density at radius 2 is 1.70 bits per heavy atom. The van der Waals surface area contributed by atoms with Crippen molar-refractivity contribution in [2.75, 3.05) is 10.6 Å². The number of hydrogen-bond donors (Lipinski definition) is 2. The SMILES string of the molecule is CCc1ccc(Nc2ncnc(Nc3cccc4ccc(C)nc34)c2[N+](=O)[O-])cc1. The number of anilines is 4. The highest BCUT2D eigenvalue weighted by Gasteiger charge is 2.24. The maximum atomic E-state index is 11.9. The van der Waals surface area contributed by atoms with Gasteiger partial charge in [0.15, 0.2) is 0 Å². The summed E-state index contributed by atoms with van der Waals surface area (Å²) < 4.78 is 0. The first-order valence-corrected chi connectivity index (χ1v) is 9.54. The van der Waals surface area contributed by atoms with Gasteiger partial charge in [0.2, 0.25) is 11.6 Å². The molecule has 8 nitrogen and oxygen atoms in total. The van der Waals surface area contributed by atoms with Crippen molar-refractivity contribution >= 4 is 39.6 Å². The van der Waals surface area contributed by atoms with Crippen LogP contribution in [0.4, 0.5) is 28.7 Å². The standard InChI is InChI=1S/C22H20N6O2/c1-3-15-8-11-17(12-9-15)26-21-20(28(29)30)22(24-13-23-21)27-18-6-4-5-16-10-7-14(2)25-19(16)18/h4-13H,3H2,1-2H3,(H2,23,24,26,27). The molecule has 4 aromatic rings. The van der Waals surface area contributed by atoms with Gasteiger partial charge in [0.05, 0.1) is 16.1 Å². The molecule has 2 aromatic heterocycles. The van der Waals surface area contributed by atoms with Crippen molar-refractivity contribution < 1.29 is 4.92 Å². The van der Waals surface area contributed by atoms with Crippen LogP contribution in [-0.4, -0.2) is 19.9 Å². The molecule has 0 unspecified atom stereocenters. The van der Waals surface area contributed by atoms with Gasteiger partial charge >= 0.3 is 5.69 Å². The Kier molecular flexibility index (Phi) is 5.21. The van der Waals surface area contributed by atoms with Crippen LogP contribution in [0.3, 0.4) is 0 Å². The summed E-state index contributed by atoms with van der Waals surface area (Å²) in [5, 5.41) is 18.9. The van der Waals surface area contributed by atoms with E-state index >= 15 is 0 Å². The van der Waals surface area contributed by atoms with Crippen molar-refractivity contribution in [1.29, 1.82) is 0 Å². The molecule has 150 valence electrons. The number of aryl methyl sites for hydroxylation is 2. The van der Waals surface area contributed by atoms with Crippen LogP contribution in [0.1, 0.15) is 18.2 Å². The topological polar surface area (TPSA) is 106 Å². The molecule has 0 bridgehead atoms. The average Bonchev–Trinajstić information content (AvgIpc) is 2.74. The minimum absolute atomic E-state index is 0.0958. The van der Waals surface area contributed by atoms with Gasteiger partial charge in [-0.1, -0.05) is 37.3 Å². The van der Waals surface area contributed by atoms with Crippen molar-refractivity contribution in [2.24, 2.45) is 0 Å². The fourth-order valence-electron chi connectivity index (χ4n) is 3.17. The molecule has 0 fully saturated rings. The molecule has 0 atom stereocenters. The molecule has 0 saturated carbocycles. The average molecular weight is 400 g/mol. The summed E-state index contributed by atoms with van der Waals surface area (Å²) in [4.78, 5) is 24.2. The lowest BCUT2D eigenvalue weighted by molar-refractivity contribution is -0.383. The smallest absolute Gasteiger partial charge is 0.334 e. The van der Waals surface area contributed by atoms with Gasteiger partial charge in [-0.3, -0.25) is 15.1 Å². The van der Waals surface area contributed by atoms with Crippen LogP contribution in [0.15, 0.2) is 60.9 Å². The molecular weight excluding hydrogens is 380 g/mol. The predicted molar refractivity (Wildman–Crippen MR) is 118 cm³/mol. The van der Waals surface area contributed by atoms with E-state index in [-0.39, 0.29) is 17.3 Å². The Hall–Kier alpha value is -4.07. The number of rotatable bonds is 6. The summed E-state index contributed by atoms with van der Waals surface area (Å²) in [5.41, 5.74) is 3.86. The number of pyridine rings is 1. The summed E-state index contributed by atoms with van der Waals surface area (Å²) in [7, 11) is 0. The van der Waals surface area contributed by atoms with E-state index in [4.69, 9.17) is 0 Å². The quantitative estimate of drug-likeness (QED) is 0.334. The Bertz CT molecular complexity index is 1220. The van der Waals surface area contributed by atoms with Crippen LogP contribution in [0.2, 0.25) is 0 Å². The number of nitrogens with one attached hydrogen (secondary N) is 2. The van der Waals surface area contributed by atoms with E-state index in [0.29, 0.717) is 11.4 Å². The molecule has 0 amide bonds. The molecule has 0 aliphatic heterocycles. The van der Waals surface area contributed by atoms with Gasteiger partial charge in [-0.15, -0.1) is 0 Å². The van der Waals surface area contributed by atoms with Crippen LogP contribution in [0.25, 0.3) is 10.9 Å². The summed E-state index contributed by atoms with van der Waals surface area (Å²) in [5.74, 6) is 0.213. The van der Waals surface area contributed by atoms with E-state index in [2.05, 4.69) is 32.5 Å². The van der Waals surface area contributed by atoms with E-state index in [1.807, 2.05) is 61.5 Å². The van der Waals surface area contributed by atoms with Gasteiger partial charge in [-0.25, -0.2) is 9.97 Å². The molecule has 0 saturated heterocycles. The predicted octanol–water partition coefficient (Wildman–Crippen LogP) is 5.29. The first-order chi connectivity index (χ1) is 14.5. The summed E-state index contributed by atoms with van der Waals surface area (Å²) >= 11 is 0. The molecule has 0 aliphatic rings. The number of aromatic nitrogens is 3. The Labute approximate surface area is 173 Å². The lowest BCUT2D eigenvalue weighted by Crippen LogP contribution is -2.06. The minimum Gasteiger partial charge on any atom is -0.334 e. The molecule has 30 heavy (non-hydrogen) atoms. The molecule has 0 spiro atoms. The number of para-hydroxylation sites is 1. The number of nitrogens with zero attached hydrogens (tertiary/aromatic N) is 4. The Morgan fingerprint density at radius 3 is 2.40 bits per heavy atom. The third kappa shape index (κ3) is 3.88. The van der Waals surface area contributed by atoms with Gasteiger partial charge in [-0.2, -0.15) is 0 Å². The third-order valence-corrected chi connectivity index (χ3v) is 4.74. The molecule has 2 N–H and O–H groups in total. The highest BCUT2D eigenvalue weighted by atomic mass is 16.6. The summed E-state index contributed by atoms with van der Waals surface area (Å²) in [6.07, 6.45) is 2.21. The third-order valence-electron chi connectivity index (χ3n) is 4.74. The van der Waals surface area contributed by atoms with Crippen LogP contribution < -0.4 is 10.6 Å². The largest absolute Gasteiger partial charge is 0.353 e. The monoisotopic (exact) mass is 400 g/mol. The molecule has 0 aliphatic carbocycles. The zero-order valence-electron chi connectivity index (χ0n) is 16.6. The Morgan fingerprint density at radius 1 is 0.967 bits per heavy atom. The van der Waals surface area contributed by atoms with E-state index in [0.717, 1.165) is 23.0 Å². The second-order valence-corrected chi connectivity index (χ2v) is 6.81. The molecule has 2 aromatic carbocycles. The molecule has 4 rings (SSSR count). The van der Waals surface area contributed by atoms with Crippen molar-refractivity contribution in [3.05, 3.63) is 82.3 Å². The van der Waals surface area contributed by atoms with Gasteiger partial charge in [0, 0.05) is 16.8 Å². The van der Waals surface area contributed by atoms with Crippen LogP contribution >= 0.6 is 0 Å². The van der Waals surface area contributed by atoms with Crippen molar-refractivity contribution in [3.8, 4) is 0 Å². The molecule has 2 heterocycles. The fourth-order valence-corrected chi connectivity index (χ4v) is 3.17. The van der Waals surface area contributed by atoms with E-state index in [1.54, 1.807) is 0 Å². The Balaban J connectivity index is 1.73. The van der Waals surface area contributed by atoms with Crippen molar-refractivity contribution in [3.63, 3.8) is 0 Å². The zero-order valence-corrected chi connectivity index (χ0v) is 16.6. The lowest BCUT2D eigenvalue weighted by atomic mass is 10.1. The zero-order chi connectivity index (χ0) is 21.1. The molecular formula is C22H20N6O2. The number of fused-ring (bicyclic) bond motifs is 1. The van der Waals surface area contributed by atoms with Crippen LogP contribution in [-0.2, 0) is 6.42 Å². The van der Waals surface area contributed by atoms with E-state index in [1.165, 1.54) is 11.9 Å². The first kappa shape index (κ1) is 19.3. The van der Waals surface area contributed by atoms with Crippen molar-refractivity contribution in [1.82, 2.24) is 15.0 Å². The molecule has 0 radical (unpaired) electrons. The minimum atomic E-state index is -0.491. The second-order valence-electron chi connectivity index (χ2n) is 6.81. The van der Waals surface area contributed by atoms with Gasteiger partial charge in [0.1, 0.15) is 6.33 Å². The number of hydrogen-bond acceptors (Lipinski definition) is 7. The van der Waals surface area contributed by atoms with Gasteiger partial charge in [-0.05, 0) is 43.2 Å². The molecule has 8 heteroatoms. The maximum Gasteiger partial charge on any atom is 0.353 e. The van der Waals surface area contributed by atoms with Gasteiger partial charge < -0.3 is 10.6 Å². The van der Waals surface area contributed by atoms with Crippen LogP contribution in [0.5, 0.6) is 0 Å². The number of nitro groups is 1. The fraction of sp³-hybridized carbons (Fsp3) is 0.136. The summed E-state index contributed by atoms with van der Waals surface area (Å²) in [6, 6.07) is 17.2. The van der Waals surface area contributed by atoms with Gasteiger partial charge in [0.25, 0.3) is 0 Å². The summed E-state index contributed by atoms with van der Waals surface area (Å²) in [6.45, 7) is 3.97. The van der Waals surface area contributed by atoms with E-state index in [9.17, 15) is 10.1 Å². The lowest BCUT2D eigenvalue weighted by Gasteiger charge is -2.12. The highest BCUT2D eigenvalue weighted by Crippen LogP contribution is 2.34. The van der Waals surface area contributed by atoms with E-state index < -0.39 is 4.92 Å². The van der Waals surface area contributed by atoms with Crippen LogP contribution in [0, 0.1) is 17.0 Å². The number of benzene rings is 2. The second kappa shape index (κ2) is 8.12. The van der Waals surface area contributed by atoms with Crippen molar-refractivity contribution in [2.45, 2.75) is 20.3 Å². The normalized spacial score (nSPS) is 10.7. The highest BCUT2D eigenvalue weighted by molar-refractivity contribution is 5.93. The first-order valence-electron chi connectivity index (χ1n) is 9.54.